The van der Waals surface area contributed by atoms with Crippen LogP contribution in [-0.4, -0.2) is 17.7 Å². The summed E-state index contributed by atoms with van der Waals surface area (Å²) in [5.41, 5.74) is 0.823. The minimum absolute atomic E-state index is 0.0133. The molecule has 23 heavy (non-hydrogen) atoms. The Hall–Kier alpha value is -3.09. The van der Waals surface area contributed by atoms with Gasteiger partial charge in [-0.2, -0.15) is 0 Å². The van der Waals surface area contributed by atoms with Gasteiger partial charge in [-0.1, -0.05) is 18.2 Å². The Labute approximate surface area is 131 Å². The van der Waals surface area contributed by atoms with Crippen LogP contribution in [0.4, 0.5) is 5.69 Å². The number of fused-ring (bicyclic) bond motifs is 1. The molecule has 0 amide bonds. The van der Waals surface area contributed by atoms with Crippen LogP contribution in [0, 0.1) is 17.0 Å². The molecule has 7 nitrogen and oxygen atoms in total. The summed E-state index contributed by atoms with van der Waals surface area (Å²) in [5.74, 6) is 0.479. The molecule has 0 spiro atoms. The molecule has 118 valence electrons. The molecule has 2 aromatic carbocycles. The quantitative estimate of drug-likeness (QED) is 0.489. The Balaban J connectivity index is 1.75. The molecule has 0 bridgehead atoms. The standard InChI is InChI=1S/C16H13NO6/c1-10-3-2-4-12(15(10)17(19)20)16(18)21-8-11-5-6-13-14(7-11)23-9-22-13/h2-7H,8-9H2,1H3. The molecule has 3 rings (SSSR count). The van der Waals surface area contributed by atoms with Crippen molar-refractivity contribution < 1.29 is 23.9 Å². The number of hydrogen-bond donors (Lipinski definition) is 0. The molecule has 0 aromatic heterocycles. The number of hydrogen-bond acceptors (Lipinski definition) is 6. The van der Waals surface area contributed by atoms with E-state index in [4.69, 9.17) is 14.2 Å². The lowest BCUT2D eigenvalue weighted by Crippen LogP contribution is -2.09. The molecule has 0 fully saturated rings. The Morgan fingerprint density at radius 3 is 2.83 bits per heavy atom. The second kappa shape index (κ2) is 5.96. The van der Waals surface area contributed by atoms with Crippen LogP contribution < -0.4 is 9.47 Å². The first-order valence-corrected chi connectivity index (χ1v) is 6.86. The number of esters is 1. The third-order valence-corrected chi connectivity index (χ3v) is 3.45. The third-order valence-electron chi connectivity index (χ3n) is 3.45. The van der Waals surface area contributed by atoms with Gasteiger partial charge in [0.1, 0.15) is 12.2 Å². The highest BCUT2D eigenvalue weighted by molar-refractivity contribution is 5.94. The lowest BCUT2D eigenvalue weighted by molar-refractivity contribution is -0.385. The maximum Gasteiger partial charge on any atom is 0.345 e. The molecule has 1 heterocycles. The van der Waals surface area contributed by atoms with Crippen LogP contribution in [0.2, 0.25) is 0 Å². The fraction of sp³-hybridized carbons (Fsp3) is 0.188. The van der Waals surface area contributed by atoms with E-state index in [0.717, 1.165) is 0 Å². The molecule has 7 heteroatoms. The second-order valence-electron chi connectivity index (χ2n) is 4.99. The van der Waals surface area contributed by atoms with E-state index in [0.29, 0.717) is 22.6 Å². The maximum absolute atomic E-state index is 12.1. The number of aryl methyl sites for hydroxylation is 1. The molecule has 0 saturated carbocycles. The highest BCUT2D eigenvalue weighted by atomic mass is 16.7. The Bertz CT molecular complexity index is 786. The fourth-order valence-corrected chi connectivity index (χ4v) is 2.32. The summed E-state index contributed by atoms with van der Waals surface area (Å²) < 4.78 is 15.6. The van der Waals surface area contributed by atoms with Crippen molar-refractivity contribution in [2.45, 2.75) is 13.5 Å². The summed E-state index contributed by atoms with van der Waals surface area (Å²) in [6.07, 6.45) is 0. The number of nitrogens with zero attached hydrogens (tertiary/aromatic N) is 1. The Kier molecular flexibility index (Phi) is 3.84. The second-order valence-corrected chi connectivity index (χ2v) is 4.99. The van der Waals surface area contributed by atoms with E-state index in [1.807, 2.05) is 0 Å². The summed E-state index contributed by atoms with van der Waals surface area (Å²) in [7, 11) is 0. The van der Waals surface area contributed by atoms with Crippen molar-refractivity contribution >= 4 is 11.7 Å². The lowest BCUT2D eigenvalue weighted by atomic mass is 10.1. The van der Waals surface area contributed by atoms with Crippen LogP contribution in [0.1, 0.15) is 21.5 Å². The number of nitro groups is 1. The van der Waals surface area contributed by atoms with Crippen LogP contribution in [0.3, 0.4) is 0 Å². The molecule has 1 aliphatic heterocycles. The Morgan fingerprint density at radius 2 is 2.04 bits per heavy atom. The number of carbonyl (C=O) groups is 1. The van der Waals surface area contributed by atoms with Gasteiger partial charge in [-0.25, -0.2) is 4.79 Å². The van der Waals surface area contributed by atoms with Gasteiger partial charge in [-0.05, 0) is 30.7 Å². The van der Waals surface area contributed by atoms with Crippen LogP contribution in [0.5, 0.6) is 11.5 Å². The average molecular weight is 315 g/mol. The predicted octanol–water partition coefficient (Wildman–Crippen LogP) is 2.99. The molecule has 0 atom stereocenters. The van der Waals surface area contributed by atoms with Gasteiger partial charge in [0.25, 0.3) is 5.69 Å². The molecule has 0 unspecified atom stereocenters. The van der Waals surface area contributed by atoms with E-state index in [1.54, 1.807) is 37.3 Å². The summed E-state index contributed by atoms with van der Waals surface area (Å²) in [5, 5.41) is 11.1. The fourth-order valence-electron chi connectivity index (χ4n) is 2.32. The molecule has 0 N–H and O–H groups in total. The number of benzene rings is 2. The van der Waals surface area contributed by atoms with E-state index < -0.39 is 10.9 Å². The first-order chi connectivity index (χ1) is 11.1. The molecule has 2 aromatic rings. The first kappa shape index (κ1) is 14.8. The van der Waals surface area contributed by atoms with Gasteiger partial charge < -0.3 is 14.2 Å². The lowest BCUT2D eigenvalue weighted by Gasteiger charge is -2.07. The largest absolute Gasteiger partial charge is 0.457 e. The monoisotopic (exact) mass is 315 g/mol. The number of para-hydroxylation sites is 1. The van der Waals surface area contributed by atoms with Crippen molar-refractivity contribution in [2.75, 3.05) is 6.79 Å². The molecular weight excluding hydrogens is 302 g/mol. The molecule has 1 aliphatic rings. The van der Waals surface area contributed by atoms with Crippen LogP contribution >= 0.6 is 0 Å². The van der Waals surface area contributed by atoms with E-state index in [-0.39, 0.29) is 24.7 Å². The highest BCUT2D eigenvalue weighted by Gasteiger charge is 2.23. The third kappa shape index (κ3) is 2.94. The van der Waals surface area contributed by atoms with Crippen LogP contribution in [-0.2, 0) is 11.3 Å². The van der Waals surface area contributed by atoms with Gasteiger partial charge in [0.05, 0.1) is 4.92 Å². The minimum atomic E-state index is -0.738. The van der Waals surface area contributed by atoms with E-state index in [2.05, 4.69) is 0 Å². The first-order valence-electron chi connectivity index (χ1n) is 6.86. The zero-order chi connectivity index (χ0) is 16.4. The van der Waals surface area contributed by atoms with E-state index >= 15 is 0 Å². The normalized spacial score (nSPS) is 12.0. The van der Waals surface area contributed by atoms with Crippen LogP contribution in [0.15, 0.2) is 36.4 Å². The van der Waals surface area contributed by atoms with Crippen molar-refractivity contribution in [3.63, 3.8) is 0 Å². The molecule has 0 aliphatic carbocycles. The smallest absolute Gasteiger partial charge is 0.345 e. The SMILES string of the molecule is Cc1cccc(C(=O)OCc2ccc3c(c2)OCO3)c1[N+](=O)[O-]. The number of nitro benzene ring substituents is 1. The zero-order valence-corrected chi connectivity index (χ0v) is 12.3. The van der Waals surface area contributed by atoms with Gasteiger partial charge in [0.2, 0.25) is 6.79 Å². The minimum Gasteiger partial charge on any atom is -0.457 e. The van der Waals surface area contributed by atoms with Gasteiger partial charge >= 0.3 is 5.97 Å². The van der Waals surface area contributed by atoms with Crippen molar-refractivity contribution in [3.8, 4) is 11.5 Å². The Morgan fingerprint density at radius 1 is 1.26 bits per heavy atom. The predicted molar refractivity (Wildman–Crippen MR) is 79.5 cm³/mol. The van der Waals surface area contributed by atoms with E-state index in [1.165, 1.54) is 6.07 Å². The summed E-state index contributed by atoms with van der Waals surface area (Å²) in [6, 6.07) is 9.71. The zero-order valence-electron chi connectivity index (χ0n) is 12.3. The summed E-state index contributed by atoms with van der Waals surface area (Å²) in [4.78, 5) is 22.7. The van der Waals surface area contributed by atoms with Gasteiger partial charge in [0.15, 0.2) is 11.5 Å². The van der Waals surface area contributed by atoms with Crippen molar-refractivity contribution in [3.05, 3.63) is 63.2 Å². The number of rotatable bonds is 4. The summed E-state index contributed by atoms with van der Waals surface area (Å²) in [6.45, 7) is 1.72. The van der Waals surface area contributed by atoms with Crippen molar-refractivity contribution in [2.24, 2.45) is 0 Å². The topological polar surface area (TPSA) is 87.9 Å². The number of ether oxygens (including phenoxy) is 3. The average Bonchev–Trinajstić information content (AvgIpc) is 2.99. The van der Waals surface area contributed by atoms with Gasteiger partial charge in [0, 0.05) is 5.56 Å². The maximum atomic E-state index is 12.1. The molecular formula is C16H13NO6. The van der Waals surface area contributed by atoms with Crippen molar-refractivity contribution in [1.29, 1.82) is 0 Å². The summed E-state index contributed by atoms with van der Waals surface area (Å²) >= 11 is 0. The van der Waals surface area contributed by atoms with E-state index in [9.17, 15) is 14.9 Å². The molecule has 0 radical (unpaired) electrons. The van der Waals surface area contributed by atoms with Gasteiger partial charge in [-0.3, -0.25) is 10.1 Å². The molecule has 0 saturated heterocycles. The van der Waals surface area contributed by atoms with Crippen molar-refractivity contribution in [1.82, 2.24) is 0 Å². The number of carbonyl (C=O) groups excluding carboxylic acids is 1. The van der Waals surface area contributed by atoms with Crippen LogP contribution in [0.25, 0.3) is 0 Å². The highest BCUT2D eigenvalue weighted by Crippen LogP contribution is 2.32. The van der Waals surface area contributed by atoms with Gasteiger partial charge in [-0.15, -0.1) is 0 Å².